The number of hydrogen-bond donors (Lipinski definition) is 0. The molecule has 4 aromatic rings. The van der Waals surface area contributed by atoms with E-state index in [4.69, 9.17) is 9.62 Å². The van der Waals surface area contributed by atoms with E-state index >= 15 is 0 Å². The maximum absolute atomic E-state index is 13.0. The van der Waals surface area contributed by atoms with Crippen molar-refractivity contribution in [1.82, 2.24) is 24.7 Å². The molecule has 1 fully saturated rings. The maximum Gasteiger partial charge on any atom is 0.246 e. The van der Waals surface area contributed by atoms with Crippen LogP contribution in [-0.2, 0) is 17.9 Å². The number of aromatic nitrogens is 3. The molecule has 5 rings (SSSR count). The van der Waals surface area contributed by atoms with Crippen LogP contribution < -0.4 is 0 Å². The molecule has 36 heavy (non-hydrogen) atoms. The zero-order valence-electron chi connectivity index (χ0n) is 20.8. The Balaban J connectivity index is 1.28. The zero-order chi connectivity index (χ0) is 24.9. The van der Waals surface area contributed by atoms with Gasteiger partial charge in [-0.05, 0) is 25.5 Å². The Morgan fingerprint density at radius 1 is 0.972 bits per heavy atom. The summed E-state index contributed by atoms with van der Waals surface area (Å²) in [7, 11) is 0. The first kappa shape index (κ1) is 23.8. The van der Waals surface area contributed by atoms with Gasteiger partial charge in [-0.1, -0.05) is 65.3 Å². The Morgan fingerprint density at radius 3 is 2.42 bits per heavy atom. The molecule has 0 atom stereocenters. The first-order valence-corrected chi connectivity index (χ1v) is 12.3. The monoisotopic (exact) mass is 481 g/mol. The highest BCUT2D eigenvalue weighted by atomic mass is 16.5. The van der Waals surface area contributed by atoms with E-state index in [9.17, 15) is 4.79 Å². The van der Waals surface area contributed by atoms with Gasteiger partial charge in [0.1, 0.15) is 0 Å². The van der Waals surface area contributed by atoms with Crippen LogP contribution in [0.15, 0.2) is 77.5 Å². The quantitative estimate of drug-likeness (QED) is 0.362. The number of piperazine rings is 1. The summed E-state index contributed by atoms with van der Waals surface area (Å²) in [5.74, 6) is 0.888. The smallest absolute Gasteiger partial charge is 0.246 e. The van der Waals surface area contributed by atoms with Crippen molar-refractivity contribution in [3.8, 4) is 11.3 Å². The molecule has 0 spiro atoms. The van der Waals surface area contributed by atoms with E-state index in [-0.39, 0.29) is 5.91 Å². The SMILES string of the molecule is Cc1ccc(-c2nn(Cc3ccccc3)cc2/C=C/C(=O)N2CCN(Cc3cc(C)no3)CC2)cc1. The number of carbonyl (C=O) groups is 1. The molecule has 0 aliphatic carbocycles. The Kier molecular flexibility index (Phi) is 7.09. The van der Waals surface area contributed by atoms with Crippen LogP contribution in [0.1, 0.15) is 28.1 Å². The molecule has 0 unspecified atom stereocenters. The topological polar surface area (TPSA) is 67.4 Å². The fourth-order valence-electron chi connectivity index (χ4n) is 4.45. The van der Waals surface area contributed by atoms with E-state index in [0.29, 0.717) is 19.6 Å². The second-order valence-electron chi connectivity index (χ2n) is 9.35. The summed E-state index contributed by atoms with van der Waals surface area (Å²) in [4.78, 5) is 17.2. The molecule has 7 nitrogen and oxygen atoms in total. The molecule has 1 amide bonds. The summed E-state index contributed by atoms with van der Waals surface area (Å²) >= 11 is 0. The summed E-state index contributed by atoms with van der Waals surface area (Å²) in [6.07, 6.45) is 5.59. The highest BCUT2D eigenvalue weighted by molar-refractivity contribution is 5.93. The Morgan fingerprint density at radius 2 is 1.72 bits per heavy atom. The standard InChI is InChI=1S/C29H31N5O2/c1-22-8-10-25(11-9-22)29-26(20-34(30-29)19-24-6-4-3-5-7-24)12-13-28(35)33-16-14-32(15-17-33)21-27-18-23(2)31-36-27/h3-13,18,20H,14-17,19,21H2,1-2H3/b13-12+. The third kappa shape index (κ3) is 5.80. The normalized spacial score (nSPS) is 14.6. The number of rotatable bonds is 7. The van der Waals surface area contributed by atoms with E-state index < -0.39 is 0 Å². The molecular formula is C29H31N5O2. The minimum atomic E-state index is 0.0239. The molecule has 1 saturated heterocycles. The van der Waals surface area contributed by atoms with Crippen LogP contribution in [0, 0.1) is 13.8 Å². The Hall–Kier alpha value is -3.97. The van der Waals surface area contributed by atoms with Gasteiger partial charge in [0.25, 0.3) is 0 Å². The van der Waals surface area contributed by atoms with Crippen molar-refractivity contribution in [2.24, 2.45) is 0 Å². The van der Waals surface area contributed by atoms with Crippen LogP contribution in [0.3, 0.4) is 0 Å². The molecule has 0 saturated carbocycles. The van der Waals surface area contributed by atoms with Crippen molar-refractivity contribution < 1.29 is 9.32 Å². The van der Waals surface area contributed by atoms with Gasteiger partial charge in [-0.25, -0.2) is 0 Å². The van der Waals surface area contributed by atoms with Gasteiger partial charge in [0.2, 0.25) is 5.91 Å². The van der Waals surface area contributed by atoms with Crippen molar-refractivity contribution in [3.63, 3.8) is 0 Å². The van der Waals surface area contributed by atoms with Gasteiger partial charge in [0.15, 0.2) is 5.76 Å². The number of aryl methyl sites for hydroxylation is 2. The van der Waals surface area contributed by atoms with E-state index in [2.05, 4.69) is 53.4 Å². The summed E-state index contributed by atoms with van der Waals surface area (Å²) in [5, 5.41) is 8.82. The fourth-order valence-corrected chi connectivity index (χ4v) is 4.45. The highest BCUT2D eigenvalue weighted by Gasteiger charge is 2.21. The summed E-state index contributed by atoms with van der Waals surface area (Å²) in [6.45, 7) is 8.39. The van der Waals surface area contributed by atoms with Gasteiger partial charge >= 0.3 is 0 Å². The summed E-state index contributed by atoms with van der Waals surface area (Å²) in [5.41, 5.74) is 6.12. The average molecular weight is 482 g/mol. The van der Waals surface area contributed by atoms with Gasteiger partial charge in [-0.2, -0.15) is 5.10 Å². The van der Waals surface area contributed by atoms with Crippen molar-refractivity contribution >= 4 is 12.0 Å². The first-order valence-electron chi connectivity index (χ1n) is 12.3. The van der Waals surface area contributed by atoms with Gasteiger partial charge < -0.3 is 9.42 Å². The molecule has 7 heteroatoms. The van der Waals surface area contributed by atoms with E-state index in [0.717, 1.165) is 47.9 Å². The van der Waals surface area contributed by atoms with Crippen LogP contribution in [-0.4, -0.2) is 56.8 Å². The Labute approximate surface area is 211 Å². The number of carbonyl (C=O) groups excluding carboxylic acids is 1. The van der Waals surface area contributed by atoms with Gasteiger partial charge in [-0.15, -0.1) is 0 Å². The molecule has 0 bridgehead atoms. The first-order chi connectivity index (χ1) is 17.5. The molecule has 1 aliphatic heterocycles. The molecule has 0 N–H and O–H groups in total. The van der Waals surface area contributed by atoms with Gasteiger partial charge in [-0.3, -0.25) is 14.4 Å². The molecule has 2 aromatic carbocycles. The van der Waals surface area contributed by atoms with Crippen molar-refractivity contribution in [2.75, 3.05) is 26.2 Å². The van der Waals surface area contributed by atoms with Crippen molar-refractivity contribution in [3.05, 3.63) is 101 Å². The van der Waals surface area contributed by atoms with Crippen molar-refractivity contribution in [2.45, 2.75) is 26.9 Å². The molecule has 3 heterocycles. The van der Waals surface area contributed by atoms with Crippen LogP contribution >= 0.6 is 0 Å². The lowest BCUT2D eigenvalue weighted by Gasteiger charge is -2.33. The lowest BCUT2D eigenvalue weighted by Crippen LogP contribution is -2.47. The van der Waals surface area contributed by atoms with E-state index in [1.165, 1.54) is 11.1 Å². The zero-order valence-corrected chi connectivity index (χ0v) is 20.8. The fraction of sp³-hybridized carbons (Fsp3) is 0.276. The molecule has 0 radical (unpaired) electrons. The van der Waals surface area contributed by atoms with Crippen molar-refractivity contribution in [1.29, 1.82) is 0 Å². The highest BCUT2D eigenvalue weighted by Crippen LogP contribution is 2.24. The molecule has 1 aliphatic rings. The molecule has 2 aromatic heterocycles. The second kappa shape index (κ2) is 10.7. The number of amides is 1. The minimum Gasteiger partial charge on any atom is -0.360 e. The maximum atomic E-state index is 13.0. The van der Waals surface area contributed by atoms with Crippen LogP contribution in [0.5, 0.6) is 0 Å². The third-order valence-electron chi connectivity index (χ3n) is 6.45. The third-order valence-corrected chi connectivity index (χ3v) is 6.45. The predicted octanol–water partition coefficient (Wildman–Crippen LogP) is 4.56. The van der Waals surface area contributed by atoms with E-state index in [1.54, 1.807) is 6.08 Å². The summed E-state index contributed by atoms with van der Waals surface area (Å²) < 4.78 is 7.27. The minimum absolute atomic E-state index is 0.0239. The molecular weight excluding hydrogens is 450 g/mol. The van der Waals surface area contributed by atoms with Crippen LogP contribution in [0.25, 0.3) is 17.3 Å². The largest absolute Gasteiger partial charge is 0.360 e. The summed E-state index contributed by atoms with van der Waals surface area (Å²) in [6, 6.07) is 20.6. The number of benzene rings is 2. The predicted molar refractivity (Wildman–Crippen MR) is 140 cm³/mol. The van der Waals surface area contributed by atoms with Gasteiger partial charge in [0, 0.05) is 55.6 Å². The lowest BCUT2D eigenvalue weighted by atomic mass is 10.1. The number of nitrogens with zero attached hydrogens (tertiary/aromatic N) is 5. The van der Waals surface area contributed by atoms with E-state index in [1.807, 2.05) is 53.0 Å². The van der Waals surface area contributed by atoms with Crippen LogP contribution in [0.4, 0.5) is 0 Å². The number of hydrogen-bond acceptors (Lipinski definition) is 5. The average Bonchev–Trinajstić information content (AvgIpc) is 3.49. The molecule has 184 valence electrons. The Bertz CT molecular complexity index is 1330. The lowest BCUT2D eigenvalue weighted by molar-refractivity contribution is -0.127. The van der Waals surface area contributed by atoms with Crippen LogP contribution in [0.2, 0.25) is 0 Å². The second-order valence-corrected chi connectivity index (χ2v) is 9.35. The van der Waals surface area contributed by atoms with Gasteiger partial charge in [0.05, 0.1) is 24.5 Å².